The summed E-state index contributed by atoms with van der Waals surface area (Å²) in [4.78, 5) is 53.9. The molecule has 214 valence electrons. The van der Waals surface area contributed by atoms with Gasteiger partial charge in [0.2, 0.25) is 11.8 Å². The predicted molar refractivity (Wildman–Crippen MR) is 151 cm³/mol. The van der Waals surface area contributed by atoms with Crippen LogP contribution in [0.3, 0.4) is 0 Å². The van der Waals surface area contributed by atoms with Crippen LogP contribution in [-0.2, 0) is 23.9 Å². The van der Waals surface area contributed by atoms with Gasteiger partial charge in [0.15, 0.2) is 0 Å². The van der Waals surface area contributed by atoms with E-state index in [0.717, 1.165) is 5.56 Å². The number of thioether (sulfide) groups is 1. The lowest BCUT2D eigenvalue weighted by Crippen LogP contribution is -2.59. The van der Waals surface area contributed by atoms with Gasteiger partial charge in [-0.15, -0.1) is 0 Å². The van der Waals surface area contributed by atoms with Crippen molar-refractivity contribution in [1.82, 2.24) is 15.5 Å². The fourth-order valence-electron chi connectivity index (χ4n) is 3.86. The van der Waals surface area contributed by atoms with E-state index in [-0.39, 0.29) is 19.6 Å². The van der Waals surface area contributed by atoms with Crippen molar-refractivity contribution in [3.8, 4) is 0 Å². The van der Waals surface area contributed by atoms with Gasteiger partial charge in [-0.25, -0.2) is 4.79 Å². The van der Waals surface area contributed by atoms with Crippen LogP contribution in [0.4, 0.5) is 4.79 Å². The van der Waals surface area contributed by atoms with Gasteiger partial charge in [-0.3, -0.25) is 14.4 Å². The van der Waals surface area contributed by atoms with E-state index < -0.39 is 47.1 Å². The molecule has 0 heterocycles. The Morgan fingerprint density at radius 1 is 1.05 bits per heavy atom. The van der Waals surface area contributed by atoms with Gasteiger partial charge in [0.1, 0.15) is 17.7 Å². The molecule has 0 bridgehead atoms. The topological polar surface area (TPSA) is 114 Å². The molecule has 1 rings (SSSR count). The lowest BCUT2D eigenvalue weighted by Gasteiger charge is -2.43. The van der Waals surface area contributed by atoms with Crippen molar-refractivity contribution in [3.05, 3.63) is 35.4 Å². The van der Waals surface area contributed by atoms with Crippen LogP contribution in [-0.4, -0.2) is 71.1 Å². The second kappa shape index (κ2) is 15.0. The van der Waals surface area contributed by atoms with E-state index in [0.29, 0.717) is 17.7 Å². The van der Waals surface area contributed by atoms with Gasteiger partial charge in [-0.05, 0) is 84.9 Å². The molecule has 2 atom stereocenters. The van der Waals surface area contributed by atoms with Crippen LogP contribution in [0, 0.1) is 6.92 Å². The first-order valence-electron chi connectivity index (χ1n) is 12.9. The molecule has 10 heteroatoms. The number of nitrogens with one attached hydrogen (secondary N) is 2. The molecule has 9 nitrogen and oxygen atoms in total. The molecule has 0 aliphatic carbocycles. The SMILES string of the molecule is CCOC(=O)CCNC(=O)C(c1ccccc1C)N(C(=O)C(CCSC)NC(=O)OC(C)(C)C)C(C)(C)C. The Hall–Kier alpha value is -2.75. The monoisotopic (exact) mass is 551 g/mol. The number of rotatable bonds is 12. The van der Waals surface area contributed by atoms with Gasteiger partial charge in [0, 0.05) is 12.1 Å². The number of nitrogens with zero attached hydrogens (tertiary/aromatic N) is 1. The number of aryl methyl sites for hydroxylation is 1. The molecule has 38 heavy (non-hydrogen) atoms. The molecule has 1 aromatic rings. The van der Waals surface area contributed by atoms with Crippen molar-refractivity contribution in [2.45, 2.75) is 91.5 Å². The molecule has 1 aromatic carbocycles. The summed E-state index contributed by atoms with van der Waals surface area (Å²) in [5.74, 6) is -0.619. The highest BCUT2D eigenvalue weighted by atomic mass is 32.2. The van der Waals surface area contributed by atoms with E-state index in [1.54, 1.807) is 39.5 Å². The van der Waals surface area contributed by atoms with Crippen LogP contribution in [0.15, 0.2) is 24.3 Å². The minimum absolute atomic E-state index is 0.0140. The summed E-state index contributed by atoms with van der Waals surface area (Å²) in [6.45, 7) is 14.7. The number of ether oxygens (including phenoxy) is 2. The minimum atomic E-state index is -0.997. The van der Waals surface area contributed by atoms with Crippen molar-refractivity contribution in [3.63, 3.8) is 0 Å². The first-order chi connectivity index (χ1) is 17.6. The maximum absolute atomic E-state index is 14.2. The van der Waals surface area contributed by atoms with Crippen LogP contribution in [0.25, 0.3) is 0 Å². The molecule has 2 N–H and O–H groups in total. The normalized spacial score (nSPS) is 13.2. The smallest absolute Gasteiger partial charge is 0.408 e. The third-order valence-electron chi connectivity index (χ3n) is 5.48. The molecular formula is C28H45N3O6S. The van der Waals surface area contributed by atoms with E-state index in [4.69, 9.17) is 9.47 Å². The van der Waals surface area contributed by atoms with Crippen molar-refractivity contribution in [2.75, 3.05) is 25.2 Å². The fourth-order valence-corrected chi connectivity index (χ4v) is 4.34. The summed E-state index contributed by atoms with van der Waals surface area (Å²) in [6.07, 6.45) is 1.60. The van der Waals surface area contributed by atoms with E-state index >= 15 is 0 Å². The van der Waals surface area contributed by atoms with Crippen LogP contribution in [0.5, 0.6) is 0 Å². The molecule has 0 aromatic heterocycles. The average molecular weight is 552 g/mol. The summed E-state index contributed by atoms with van der Waals surface area (Å²) < 4.78 is 10.4. The first-order valence-corrected chi connectivity index (χ1v) is 14.3. The van der Waals surface area contributed by atoms with E-state index in [1.165, 1.54) is 4.90 Å². The highest BCUT2D eigenvalue weighted by Crippen LogP contribution is 2.32. The average Bonchev–Trinajstić information content (AvgIpc) is 2.78. The predicted octanol–water partition coefficient (Wildman–Crippen LogP) is 4.38. The Morgan fingerprint density at radius 3 is 2.21 bits per heavy atom. The number of amides is 3. The van der Waals surface area contributed by atoms with Gasteiger partial charge in [0.25, 0.3) is 0 Å². The van der Waals surface area contributed by atoms with Gasteiger partial charge in [0.05, 0.1) is 13.0 Å². The summed E-state index contributed by atoms with van der Waals surface area (Å²) in [7, 11) is 0. The van der Waals surface area contributed by atoms with Gasteiger partial charge in [-0.1, -0.05) is 24.3 Å². The van der Waals surface area contributed by atoms with Crippen LogP contribution in [0.1, 0.15) is 78.5 Å². The molecule has 2 unspecified atom stereocenters. The molecule has 0 saturated carbocycles. The lowest BCUT2D eigenvalue weighted by molar-refractivity contribution is -0.149. The van der Waals surface area contributed by atoms with E-state index in [9.17, 15) is 19.2 Å². The Balaban J connectivity index is 3.46. The number of carbonyl (C=O) groups excluding carboxylic acids is 4. The maximum atomic E-state index is 14.2. The molecule has 3 amide bonds. The fraction of sp³-hybridized carbons (Fsp3) is 0.643. The van der Waals surface area contributed by atoms with Crippen molar-refractivity contribution in [2.24, 2.45) is 0 Å². The highest BCUT2D eigenvalue weighted by molar-refractivity contribution is 7.98. The zero-order chi connectivity index (χ0) is 29.1. The third-order valence-corrected chi connectivity index (χ3v) is 6.13. The Morgan fingerprint density at radius 2 is 1.68 bits per heavy atom. The summed E-state index contributed by atoms with van der Waals surface area (Å²) in [5.41, 5.74) is -0.0368. The summed E-state index contributed by atoms with van der Waals surface area (Å²) >= 11 is 1.55. The van der Waals surface area contributed by atoms with Gasteiger partial charge < -0.3 is 25.0 Å². The quantitative estimate of drug-likeness (QED) is 0.371. The first kappa shape index (κ1) is 33.3. The van der Waals surface area contributed by atoms with Crippen molar-refractivity contribution >= 4 is 35.6 Å². The highest BCUT2D eigenvalue weighted by Gasteiger charge is 2.42. The second-order valence-electron chi connectivity index (χ2n) is 11.0. The molecule has 0 aliphatic rings. The van der Waals surface area contributed by atoms with Crippen molar-refractivity contribution in [1.29, 1.82) is 0 Å². The largest absolute Gasteiger partial charge is 0.466 e. The van der Waals surface area contributed by atoms with Crippen LogP contribution in [0.2, 0.25) is 0 Å². The Labute approximate surface area is 231 Å². The molecular weight excluding hydrogens is 506 g/mol. The summed E-state index contributed by atoms with van der Waals surface area (Å²) in [6, 6.07) is 5.47. The summed E-state index contributed by atoms with van der Waals surface area (Å²) in [5, 5.41) is 5.54. The molecule has 0 saturated heterocycles. The number of benzene rings is 1. The van der Waals surface area contributed by atoms with Crippen LogP contribution >= 0.6 is 11.8 Å². The Bertz CT molecular complexity index is 955. The maximum Gasteiger partial charge on any atom is 0.408 e. The third kappa shape index (κ3) is 10.9. The molecule has 0 spiro atoms. The van der Waals surface area contributed by atoms with Gasteiger partial charge in [-0.2, -0.15) is 11.8 Å². The molecule has 0 fully saturated rings. The van der Waals surface area contributed by atoms with E-state index in [1.807, 2.05) is 58.2 Å². The number of hydrogen-bond donors (Lipinski definition) is 2. The molecule has 0 radical (unpaired) electrons. The molecule has 0 aliphatic heterocycles. The zero-order valence-electron chi connectivity index (χ0n) is 24.3. The second-order valence-corrected chi connectivity index (χ2v) is 12.0. The van der Waals surface area contributed by atoms with E-state index in [2.05, 4.69) is 10.6 Å². The minimum Gasteiger partial charge on any atom is -0.466 e. The zero-order valence-corrected chi connectivity index (χ0v) is 25.1. The van der Waals surface area contributed by atoms with Crippen LogP contribution < -0.4 is 10.6 Å². The van der Waals surface area contributed by atoms with Gasteiger partial charge >= 0.3 is 12.1 Å². The lowest BCUT2D eigenvalue weighted by atomic mass is 9.92. The van der Waals surface area contributed by atoms with Crippen molar-refractivity contribution < 1.29 is 28.7 Å². The standard InChI is InChI=1S/C28H45N3O6S/c1-10-36-22(32)15-17-29-24(33)23(20-14-12-11-13-19(20)2)31(27(3,4)5)25(34)21(16-18-38-9)30-26(35)37-28(6,7)8/h11-14,21,23H,10,15-18H2,1-9H3,(H,29,33)(H,30,35). The Kier molecular flexibility index (Phi) is 13.1. The number of alkyl carbamates (subject to hydrolysis) is 1. The number of carbonyl (C=O) groups is 4. The number of esters is 1. The number of hydrogen-bond acceptors (Lipinski definition) is 7.